The number of aromatic nitrogens is 1. The van der Waals surface area contributed by atoms with Crippen LogP contribution in [-0.4, -0.2) is 28.9 Å². The number of rotatable bonds is 6. The average molecular weight is 421 g/mol. The van der Waals surface area contributed by atoms with Crippen molar-refractivity contribution in [3.63, 3.8) is 0 Å². The van der Waals surface area contributed by atoms with E-state index in [4.69, 9.17) is 0 Å². The minimum absolute atomic E-state index is 0.105. The third-order valence-corrected chi connectivity index (χ3v) is 5.74. The molecule has 2 atom stereocenters. The highest BCUT2D eigenvalue weighted by Gasteiger charge is 2.31. The minimum atomic E-state index is -0.448. The second-order valence-electron chi connectivity index (χ2n) is 7.94. The van der Waals surface area contributed by atoms with Crippen molar-refractivity contribution in [2.45, 2.75) is 25.4 Å². The van der Waals surface area contributed by atoms with Crippen LogP contribution in [0, 0.1) is 17.6 Å². The van der Waals surface area contributed by atoms with Crippen molar-refractivity contribution in [1.29, 1.82) is 0 Å². The number of piperidine rings is 1. The molecule has 4 rings (SSSR count). The molecule has 0 radical (unpaired) electrons. The van der Waals surface area contributed by atoms with Gasteiger partial charge in [0.25, 0.3) is 5.91 Å². The molecule has 2 aromatic carbocycles. The molecule has 0 aliphatic carbocycles. The summed E-state index contributed by atoms with van der Waals surface area (Å²) >= 11 is 0. The zero-order chi connectivity index (χ0) is 21.6. The van der Waals surface area contributed by atoms with Crippen molar-refractivity contribution >= 4 is 5.91 Å². The van der Waals surface area contributed by atoms with Crippen LogP contribution in [0.1, 0.15) is 40.5 Å². The normalized spacial score (nSPS) is 17.8. The number of likely N-dealkylation sites (tertiary alicyclic amines) is 1. The molecule has 1 saturated heterocycles. The molecule has 1 N–H and O–H groups in total. The summed E-state index contributed by atoms with van der Waals surface area (Å²) < 4.78 is 27.7. The van der Waals surface area contributed by atoms with Crippen LogP contribution in [0.2, 0.25) is 0 Å². The molecule has 0 saturated carbocycles. The van der Waals surface area contributed by atoms with Crippen molar-refractivity contribution in [3.8, 4) is 0 Å². The van der Waals surface area contributed by atoms with Crippen LogP contribution in [0.25, 0.3) is 0 Å². The van der Waals surface area contributed by atoms with E-state index >= 15 is 0 Å². The Hall–Kier alpha value is -3.12. The predicted molar refractivity (Wildman–Crippen MR) is 115 cm³/mol. The first-order valence-corrected chi connectivity index (χ1v) is 10.5. The molecule has 1 amide bonds. The first kappa shape index (κ1) is 21.1. The lowest BCUT2D eigenvalue weighted by Crippen LogP contribution is -2.43. The molecule has 31 heavy (non-hydrogen) atoms. The van der Waals surface area contributed by atoms with Crippen LogP contribution in [0.3, 0.4) is 0 Å². The van der Waals surface area contributed by atoms with Gasteiger partial charge in [-0.2, -0.15) is 0 Å². The maximum absolute atomic E-state index is 14.1. The Morgan fingerprint density at radius 3 is 2.71 bits per heavy atom. The number of carbonyl (C=O) groups excluding carboxylic acids is 1. The smallest absolute Gasteiger partial charge is 0.251 e. The summed E-state index contributed by atoms with van der Waals surface area (Å²) in [6.45, 7) is 2.10. The molecule has 0 unspecified atom stereocenters. The molecule has 160 valence electrons. The maximum Gasteiger partial charge on any atom is 0.251 e. The summed E-state index contributed by atoms with van der Waals surface area (Å²) in [6.07, 6.45) is 3.56. The Balaban J connectivity index is 1.53. The van der Waals surface area contributed by atoms with Crippen molar-refractivity contribution < 1.29 is 13.6 Å². The fourth-order valence-electron chi connectivity index (χ4n) is 4.22. The number of carbonyl (C=O) groups is 1. The SMILES string of the molecule is O=C(N[C@@H](c1ccccn1)[C@@H]1CCCN(Cc2ccccc2F)C1)c1cccc(F)c1. The van der Waals surface area contributed by atoms with E-state index in [9.17, 15) is 13.6 Å². The first-order chi connectivity index (χ1) is 15.1. The molecule has 4 nitrogen and oxygen atoms in total. The lowest BCUT2D eigenvalue weighted by Gasteiger charge is -2.37. The summed E-state index contributed by atoms with van der Waals surface area (Å²) in [4.78, 5) is 19.6. The predicted octanol–water partition coefficient (Wildman–Crippen LogP) is 4.74. The molecule has 1 aromatic heterocycles. The molecule has 2 heterocycles. The van der Waals surface area contributed by atoms with Gasteiger partial charge in [-0.15, -0.1) is 0 Å². The molecule has 1 aliphatic heterocycles. The zero-order valence-electron chi connectivity index (χ0n) is 17.2. The number of hydrogen-bond donors (Lipinski definition) is 1. The van der Waals surface area contributed by atoms with Gasteiger partial charge >= 0.3 is 0 Å². The largest absolute Gasteiger partial charge is 0.343 e. The van der Waals surface area contributed by atoms with E-state index in [-0.39, 0.29) is 29.2 Å². The summed E-state index contributed by atoms with van der Waals surface area (Å²) in [6, 6.07) is 17.8. The fourth-order valence-corrected chi connectivity index (χ4v) is 4.22. The third-order valence-electron chi connectivity index (χ3n) is 5.74. The third kappa shape index (κ3) is 5.33. The molecular weight excluding hydrogens is 396 g/mol. The number of hydrogen-bond acceptors (Lipinski definition) is 3. The highest BCUT2D eigenvalue weighted by Crippen LogP contribution is 2.30. The molecule has 0 spiro atoms. The Morgan fingerprint density at radius 1 is 1.10 bits per heavy atom. The van der Waals surface area contributed by atoms with Crippen molar-refractivity contribution in [1.82, 2.24) is 15.2 Å². The van der Waals surface area contributed by atoms with E-state index in [0.717, 1.165) is 25.1 Å². The standard InChI is InChI=1S/C25H25F2N3O/c26-21-10-5-8-18(15-21)25(31)29-24(23-12-3-4-13-28-23)20-9-6-14-30(17-20)16-19-7-1-2-11-22(19)27/h1-5,7-8,10-13,15,20,24H,6,9,14,16-17H2,(H,29,31)/t20-,24-/m1/s1. The monoisotopic (exact) mass is 421 g/mol. The van der Waals surface area contributed by atoms with Gasteiger partial charge in [-0.1, -0.05) is 30.3 Å². The number of benzene rings is 2. The highest BCUT2D eigenvalue weighted by atomic mass is 19.1. The van der Waals surface area contributed by atoms with Crippen LogP contribution in [0.4, 0.5) is 8.78 Å². The van der Waals surface area contributed by atoms with Crippen LogP contribution < -0.4 is 5.32 Å². The summed E-state index contributed by atoms with van der Waals surface area (Å²) in [5.41, 5.74) is 1.71. The zero-order valence-corrected chi connectivity index (χ0v) is 17.2. The molecular formula is C25H25F2N3O. The number of nitrogens with one attached hydrogen (secondary N) is 1. The quantitative estimate of drug-likeness (QED) is 0.625. The van der Waals surface area contributed by atoms with E-state index in [1.54, 1.807) is 24.4 Å². The van der Waals surface area contributed by atoms with Gasteiger partial charge in [0.2, 0.25) is 0 Å². The molecule has 6 heteroatoms. The van der Waals surface area contributed by atoms with Gasteiger partial charge in [0.1, 0.15) is 11.6 Å². The Morgan fingerprint density at radius 2 is 1.94 bits per heavy atom. The number of nitrogens with zero attached hydrogens (tertiary/aromatic N) is 2. The van der Waals surface area contributed by atoms with E-state index in [1.165, 1.54) is 24.3 Å². The lowest BCUT2D eigenvalue weighted by atomic mass is 9.88. The Bertz CT molecular complexity index is 1030. The van der Waals surface area contributed by atoms with Gasteiger partial charge in [0, 0.05) is 30.4 Å². The molecule has 0 bridgehead atoms. The molecule has 3 aromatic rings. The van der Waals surface area contributed by atoms with Crippen LogP contribution in [-0.2, 0) is 6.54 Å². The van der Waals surface area contributed by atoms with Crippen LogP contribution in [0.5, 0.6) is 0 Å². The second-order valence-corrected chi connectivity index (χ2v) is 7.94. The maximum atomic E-state index is 14.1. The van der Waals surface area contributed by atoms with E-state index < -0.39 is 5.82 Å². The van der Waals surface area contributed by atoms with Gasteiger partial charge in [0.05, 0.1) is 11.7 Å². The Kier molecular flexibility index (Phi) is 6.67. The molecule has 1 aliphatic rings. The number of halogens is 2. The highest BCUT2D eigenvalue weighted by molar-refractivity contribution is 5.94. The van der Waals surface area contributed by atoms with Crippen molar-refractivity contribution in [2.75, 3.05) is 13.1 Å². The van der Waals surface area contributed by atoms with Gasteiger partial charge in [-0.3, -0.25) is 14.7 Å². The van der Waals surface area contributed by atoms with Gasteiger partial charge < -0.3 is 5.32 Å². The second kappa shape index (κ2) is 9.79. The minimum Gasteiger partial charge on any atom is -0.343 e. The van der Waals surface area contributed by atoms with Crippen molar-refractivity contribution in [3.05, 3.63) is 101 Å². The molecule has 1 fully saturated rings. The summed E-state index contributed by atoms with van der Waals surface area (Å²) in [7, 11) is 0. The van der Waals surface area contributed by atoms with E-state index in [2.05, 4.69) is 15.2 Å². The topological polar surface area (TPSA) is 45.2 Å². The first-order valence-electron chi connectivity index (χ1n) is 10.5. The van der Waals surface area contributed by atoms with Crippen molar-refractivity contribution in [2.24, 2.45) is 5.92 Å². The van der Waals surface area contributed by atoms with Gasteiger partial charge in [0.15, 0.2) is 0 Å². The average Bonchev–Trinajstić information content (AvgIpc) is 2.79. The Labute approximate surface area is 180 Å². The lowest BCUT2D eigenvalue weighted by molar-refractivity contribution is 0.0874. The van der Waals surface area contributed by atoms with Crippen LogP contribution >= 0.6 is 0 Å². The summed E-state index contributed by atoms with van der Waals surface area (Å²) in [5.74, 6) is -0.879. The summed E-state index contributed by atoms with van der Waals surface area (Å²) in [5, 5.41) is 3.07. The van der Waals surface area contributed by atoms with E-state index in [0.29, 0.717) is 18.7 Å². The van der Waals surface area contributed by atoms with E-state index in [1.807, 2.05) is 24.3 Å². The van der Waals surface area contributed by atoms with Gasteiger partial charge in [-0.25, -0.2) is 8.78 Å². The fraction of sp³-hybridized carbons (Fsp3) is 0.280. The van der Waals surface area contributed by atoms with Gasteiger partial charge in [-0.05, 0) is 61.7 Å². The van der Waals surface area contributed by atoms with Crippen LogP contribution in [0.15, 0.2) is 72.9 Å². The number of pyridine rings is 1. The number of amides is 1.